The van der Waals surface area contributed by atoms with Crippen LogP contribution < -0.4 is 5.32 Å². The summed E-state index contributed by atoms with van der Waals surface area (Å²) in [5, 5.41) is 2.57. The van der Waals surface area contributed by atoms with E-state index in [1.807, 2.05) is 6.07 Å². The van der Waals surface area contributed by atoms with Gasteiger partial charge in [-0.1, -0.05) is 44.0 Å². The van der Waals surface area contributed by atoms with Crippen LogP contribution in [0.25, 0.3) is 0 Å². The summed E-state index contributed by atoms with van der Waals surface area (Å²) in [6.07, 6.45) is 0. The molecule has 2 aromatic carbocycles. The highest BCUT2D eigenvalue weighted by molar-refractivity contribution is 9.11. The van der Waals surface area contributed by atoms with E-state index >= 15 is 0 Å². The van der Waals surface area contributed by atoms with Gasteiger partial charge in [-0.2, -0.15) is 0 Å². The Hall–Kier alpha value is -1.20. The Kier molecular flexibility index (Phi) is 4.37. The minimum absolute atomic E-state index is 0.182. The first-order valence-electron chi connectivity index (χ1n) is 5.50. The second kappa shape index (κ2) is 5.84. The zero-order valence-electron chi connectivity index (χ0n) is 10.0. The number of carbonyl (C=O) groups is 1. The van der Waals surface area contributed by atoms with Gasteiger partial charge in [0.1, 0.15) is 5.82 Å². The SMILES string of the molecule is Cc1cccc(NC(=O)c2cc(Br)cc(Br)c2)c1F. The number of aryl methyl sites for hydroxylation is 1. The third-order valence-corrected chi connectivity index (χ3v) is 3.48. The fraction of sp³-hybridized carbons (Fsp3) is 0.0714. The van der Waals surface area contributed by atoms with Crippen molar-refractivity contribution < 1.29 is 9.18 Å². The lowest BCUT2D eigenvalue weighted by molar-refractivity contribution is 0.102. The van der Waals surface area contributed by atoms with Gasteiger partial charge in [-0.05, 0) is 36.8 Å². The molecule has 0 heterocycles. The van der Waals surface area contributed by atoms with Crippen LogP contribution in [0.1, 0.15) is 15.9 Å². The van der Waals surface area contributed by atoms with Gasteiger partial charge in [0.05, 0.1) is 5.69 Å². The molecule has 98 valence electrons. The molecule has 2 nitrogen and oxygen atoms in total. The predicted octanol–water partition coefficient (Wildman–Crippen LogP) is 4.91. The molecular formula is C14H10Br2FNO. The summed E-state index contributed by atoms with van der Waals surface area (Å²) in [7, 11) is 0. The maximum atomic E-state index is 13.8. The van der Waals surface area contributed by atoms with Crippen molar-refractivity contribution in [2.75, 3.05) is 5.32 Å². The number of hydrogen-bond acceptors (Lipinski definition) is 1. The molecule has 0 atom stereocenters. The summed E-state index contributed by atoms with van der Waals surface area (Å²) in [6.45, 7) is 1.65. The fourth-order valence-electron chi connectivity index (χ4n) is 1.62. The Morgan fingerprint density at radius 1 is 1.16 bits per heavy atom. The quantitative estimate of drug-likeness (QED) is 0.780. The van der Waals surface area contributed by atoms with Gasteiger partial charge in [-0.3, -0.25) is 4.79 Å². The third-order valence-electron chi connectivity index (χ3n) is 2.56. The van der Waals surface area contributed by atoms with Crippen LogP contribution in [-0.4, -0.2) is 5.91 Å². The fourth-order valence-corrected chi connectivity index (χ4v) is 2.92. The lowest BCUT2D eigenvalue weighted by Crippen LogP contribution is -2.13. The molecule has 0 saturated carbocycles. The molecule has 0 aliphatic rings. The number of rotatable bonds is 2. The molecule has 2 aromatic rings. The maximum Gasteiger partial charge on any atom is 0.255 e. The van der Waals surface area contributed by atoms with E-state index in [0.717, 1.165) is 8.95 Å². The molecule has 1 amide bonds. The third kappa shape index (κ3) is 3.42. The Morgan fingerprint density at radius 3 is 2.42 bits per heavy atom. The van der Waals surface area contributed by atoms with Gasteiger partial charge in [0, 0.05) is 14.5 Å². The minimum atomic E-state index is -0.412. The van der Waals surface area contributed by atoms with Gasteiger partial charge in [0.15, 0.2) is 0 Å². The minimum Gasteiger partial charge on any atom is -0.319 e. The summed E-state index contributed by atoms with van der Waals surface area (Å²) < 4.78 is 15.4. The van der Waals surface area contributed by atoms with Gasteiger partial charge in [-0.15, -0.1) is 0 Å². The van der Waals surface area contributed by atoms with Crippen molar-refractivity contribution in [2.24, 2.45) is 0 Å². The van der Waals surface area contributed by atoms with Crippen molar-refractivity contribution in [2.45, 2.75) is 6.92 Å². The van der Waals surface area contributed by atoms with Crippen LogP contribution in [0.5, 0.6) is 0 Å². The predicted molar refractivity (Wildman–Crippen MR) is 80.9 cm³/mol. The molecule has 0 radical (unpaired) electrons. The first-order chi connectivity index (χ1) is 8.97. The molecule has 0 spiro atoms. The van der Waals surface area contributed by atoms with Crippen molar-refractivity contribution in [3.63, 3.8) is 0 Å². The summed E-state index contributed by atoms with van der Waals surface area (Å²) in [4.78, 5) is 12.1. The van der Waals surface area contributed by atoms with E-state index in [1.54, 1.807) is 31.2 Å². The zero-order valence-corrected chi connectivity index (χ0v) is 13.2. The first kappa shape index (κ1) is 14.2. The Labute approximate surface area is 127 Å². The molecule has 0 unspecified atom stereocenters. The molecule has 19 heavy (non-hydrogen) atoms. The van der Waals surface area contributed by atoms with E-state index in [9.17, 15) is 9.18 Å². The second-order valence-electron chi connectivity index (χ2n) is 4.05. The topological polar surface area (TPSA) is 29.1 Å². The van der Waals surface area contributed by atoms with Gasteiger partial charge in [0.25, 0.3) is 5.91 Å². The number of hydrogen-bond donors (Lipinski definition) is 1. The van der Waals surface area contributed by atoms with Crippen molar-refractivity contribution in [3.8, 4) is 0 Å². The standard InChI is InChI=1S/C14H10Br2FNO/c1-8-3-2-4-12(13(8)17)18-14(19)9-5-10(15)7-11(16)6-9/h2-7H,1H3,(H,18,19). The number of benzene rings is 2. The Balaban J connectivity index is 2.28. The van der Waals surface area contributed by atoms with Crippen LogP contribution in [0, 0.1) is 12.7 Å². The second-order valence-corrected chi connectivity index (χ2v) is 5.88. The monoisotopic (exact) mass is 385 g/mol. The molecule has 1 N–H and O–H groups in total. The van der Waals surface area contributed by atoms with Crippen molar-refractivity contribution in [1.82, 2.24) is 0 Å². The van der Waals surface area contributed by atoms with E-state index in [0.29, 0.717) is 11.1 Å². The smallest absolute Gasteiger partial charge is 0.255 e. The average Bonchev–Trinajstić information content (AvgIpc) is 2.33. The van der Waals surface area contributed by atoms with Crippen molar-refractivity contribution in [3.05, 3.63) is 62.3 Å². The first-order valence-corrected chi connectivity index (χ1v) is 7.08. The van der Waals surface area contributed by atoms with Crippen LogP contribution >= 0.6 is 31.9 Å². The van der Waals surface area contributed by atoms with E-state index < -0.39 is 5.82 Å². The maximum absolute atomic E-state index is 13.8. The highest BCUT2D eigenvalue weighted by Gasteiger charge is 2.11. The van der Waals surface area contributed by atoms with E-state index in [4.69, 9.17) is 0 Å². The summed E-state index contributed by atoms with van der Waals surface area (Å²) >= 11 is 6.62. The zero-order chi connectivity index (χ0) is 14.0. The van der Waals surface area contributed by atoms with E-state index in [-0.39, 0.29) is 11.6 Å². The highest BCUT2D eigenvalue weighted by Crippen LogP contribution is 2.22. The molecule has 0 fully saturated rings. The molecule has 0 aliphatic carbocycles. The van der Waals surface area contributed by atoms with Crippen LogP contribution in [0.15, 0.2) is 45.3 Å². The largest absolute Gasteiger partial charge is 0.319 e. The van der Waals surface area contributed by atoms with Gasteiger partial charge < -0.3 is 5.32 Å². The highest BCUT2D eigenvalue weighted by atomic mass is 79.9. The number of anilines is 1. The summed E-state index contributed by atoms with van der Waals surface area (Å²) in [5.74, 6) is -0.767. The summed E-state index contributed by atoms with van der Waals surface area (Å²) in [5.41, 5.74) is 1.12. The molecule has 0 bridgehead atoms. The number of carbonyl (C=O) groups excluding carboxylic acids is 1. The van der Waals surface area contributed by atoms with Gasteiger partial charge in [0.2, 0.25) is 0 Å². The molecule has 0 saturated heterocycles. The normalized spacial score (nSPS) is 10.3. The van der Waals surface area contributed by atoms with E-state index in [2.05, 4.69) is 37.2 Å². The van der Waals surface area contributed by atoms with Gasteiger partial charge in [-0.25, -0.2) is 4.39 Å². The number of nitrogens with one attached hydrogen (secondary N) is 1. The van der Waals surface area contributed by atoms with Crippen LogP contribution in [-0.2, 0) is 0 Å². The van der Waals surface area contributed by atoms with Gasteiger partial charge >= 0.3 is 0 Å². The lowest BCUT2D eigenvalue weighted by atomic mass is 10.2. The molecule has 0 aliphatic heterocycles. The molecule has 2 rings (SSSR count). The van der Waals surface area contributed by atoms with E-state index in [1.165, 1.54) is 6.07 Å². The van der Waals surface area contributed by atoms with Crippen LogP contribution in [0.3, 0.4) is 0 Å². The van der Waals surface area contributed by atoms with Crippen LogP contribution in [0.2, 0.25) is 0 Å². The Morgan fingerprint density at radius 2 is 1.79 bits per heavy atom. The number of halogens is 3. The molecular weight excluding hydrogens is 377 g/mol. The number of amides is 1. The Bertz CT molecular complexity index is 623. The van der Waals surface area contributed by atoms with Crippen LogP contribution in [0.4, 0.5) is 10.1 Å². The van der Waals surface area contributed by atoms with Crippen molar-refractivity contribution in [1.29, 1.82) is 0 Å². The average molecular weight is 387 g/mol. The van der Waals surface area contributed by atoms with Crippen molar-refractivity contribution >= 4 is 43.5 Å². The summed E-state index contributed by atoms with van der Waals surface area (Å²) in [6, 6.07) is 10.1. The molecule has 5 heteroatoms. The molecule has 0 aromatic heterocycles. The lowest BCUT2D eigenvalue weighted by Gasteiger charge is -2.08.